The van der Waals surface area contributed by atoms with Gasteiger partial charge in [-0.25, -0.2) is 0 Å². The standard InChI is InChI=1S/C18H26N4O5/c1-6-8-20-16(25)12(19)10-14(23)22-13(17(26)21-9-7-2)11-15(24)27-18(3,4)5/h1-2,12-13H,8-11,19H2,3-5H3,(H,20,25)(H,21,26)(H,22,23)/t12-,13-/m0/s1. The number of carbonyl (C=O) groups is 4. The molecule has 0 aromatic heterocycles. The Morgan fingerprint density at radius 3 is 2.00 bits per heavy atom. The number of nitrogens with two attached hydrogens (primary N) is 1. The molecular weight excluding hydrogens is 352 g/mol. The summed E-state index contributed by atoms with van der Waals surface area (Å²) in [5.41, 5.74) is 4.86. The highest BCUT2D eigenvalue weighted by Crippen LogP contribution is 2.09. The third-order valence-corrected chi connectivity index (χ3v) is 2.91. The van der Waals surface area contributed by atoms with Gasteiger partial charge in [-0.1, -0.05) is 11.8 Å². The number of nitrogens with one attached hydrogen (secondary N) is 3. The second-order valence-electron chi connectivity index (χ2n) is 6.57. The van der Waals surface area contributed by atoms with Crippen LogP contribution in [0.3, 0.4) is 0 Å². The number of carbonyl (C=O) groups excluding carboxylic acids is 4. The molecule has 0 fully saturated rings. The molecule has 0 aromatic rings. The lowest BCUT2D eigenvalue weighted by Gasteiger charge is -2.22. The molecule has 9 nitrogen and oxygen atoms in total. The van der Waals surface area contributed by atoms with E-state index in [1.54, 1.807) is 20.8 Å². The van der Waals surface area contributed by atoms with Crippen LogP contribution in [0.5, 0.6) is 0 Å². The van der Waals surface area contributed by atoms with Gasteiger partial charge in [0.2, 0.25) is 17.7 Å². The third kappa shape index (κ3) is 11.2. The second-order valence-corrected chi connectivity index (χ2v) is 6.57. The number of ether oxygens (including phenoxy) is 1. The van der Waals surface area contributed by atoms with Crippen molar-refractivity contribution in [2.75, 3.05) is 13.1 Å². The predicted octanol–water partition coefficient (Wildman–Crippen LogP) is -1.58. The summed E-state index contributed by atoms with van der Waals surface area (Å²) in [6, 6.07) is -2.38. The van der Waals surface area contributed by atoms with E-state index in [0.717, 1.165) is 0 Å². The highest BCUT2D eigenvalue weighted by atomic mass is 16.6. The number of terminal acetylenes is 2. The molecule has 0 aliphatic heterocycles. The van der Waals surface area contributed by atoms with Crippen molar-refractivity contribution in [2.24, 2.45) is 5.73 Å². The molecule has 0 bridgehead atoms. The molecule has 9 heteroatoms. The molecule has 0 saturated carbocycles. The smallest absolute Gasteiger partial charge is 0.308 e. The zero-order valence-electron chi connectivity index (χ0n) is 15.8. The minimum absolute atomic E-state index is 0.0239. The van der Waals surface area contributed by atoms with Gasteiger partial charge in [-0.15, -0.1) is 12.8 Å². The molecule has 0 unspecified atom stereocenters. The number of esters is 1. The van der Waals surface area contributed by atoms with Crippen LogP contribution in [-0.2, 0) is 23.9 Å². The van der Waals surface area contributed by atoms with Crippen LogP contribution in [0.4, 0.5) is 0 Å². The molecule has 0 heterocycles. The number of hydrogen-bond donors (Lipinski definition) is 4. The highest BCUT2D eigenvalue weighted by Gasteiger charge is 2.28. The average molecular weight is 378 g/mol. The maximum Gasteiger partial charge on any atom is 0.308 e. The van der Waals surface area contributed by atoms with E-state index in [9.17, 15) is 19.2 Å². The molecule has 0 saturated heterocycles. The maximum atomic E-state index is 12.1. The summed E-state index contributed by atoms with van der Waals surface area (Å²) in [5, 5.41) is 7.09. The summed E-state index contributed by atoms with van der Waals surface area (Å²) in [5.74, 6) is 1.78. The van der Waals surface area contributed by atoms with Crippen LogP contribution in [0.15, 0.2) is 0 Å². The monoisotopic (exact) mass is 378 g/mol. The normalized spacial score (nSPS) is 12.5. The van der Waals surface area contributed by atoms with E-state index in [2.05, 4.69) is 27.8 Å². The van der Waals surface area contributed by atoms with Gasteiger partial charge in [0.15, 0.2) is 0 Å². The van der Waals surface area contributed by atoms with Crippen molar-refractivity contribution in [3.05, 3.63) is 0 Å². The summed E-state index contributed by atoms with van der Waals surface area (Å²) in [7, 11) is 0. The zero-order chi connectivity index (χ0) is 21.0. The summed E-state index contributed by atoms with van der Waals surface area (Å²) in [4.78, 5) is 47.9. The van der Waals surface area contributed by atoms with Crippen molar-refractivity contribution in [3.63, 3.8) is 0 Å². The first-order valence-corrected chi connectivity index (χ1v) is 8.19. The SMILES string of the molecule is C#CCNC(=O)[C@H](CC(=O)OC(C)(C)C)NC(=O)C[C@H](N)C(=O)NCC#C. The molecule has 0 aromatic carbocycles. The fourth-order valence-electron chi connectivity index (χ4n) is 1.84. The first kappa shape index (κ1) is 24.0. The minimum atomic E-state index is -1.22. The molecule has 0 aliphatic carbocycles. The third-order valence-electron chi connectivity index (χ3n) is 2.91. The predicted molar refractivity (Wildman–Crippen MR) is 98.7 cm³/mol. The van der Waals surface area contributed by atoms with Crippen molar-refractivity contribution in [2.45, 2.75) is 51.3 Å². The fourth-order valence-corrected chi connectivity index (χ4v) is 1.84. The maximum absolute atomic E-state index is 12.1. The van der Waals surface area contributed by atoms with E-state index in [4.69, 9.17) is 23.3 Å². The summed E-state index contributed by atoms with van der Waals surface area (Å²) >= 11 is 0. The Hall–Kier alpha value is -3.04. The van der Waals surface area contributed by atoms with Gasteiger partial charge in [0.1, 0.15) is 11.6 Å². The second kappa shape index (κ2) is 11.6. The van der Waals surface area contributed by atoms with E-state index in [-0.39, 0.29) is 13.1 Å². The largest absolute Gasteiger partial charge is 0.460 e. The molecule has 0 radical (unpaired) electrons. The molecule has 0 spiro atoms. The molecule has 3 amide bonds. The van der Waals surface area contributed by atoms with E-state index < -0.39 is 54.2 Å². The van der Waals surface area contributed by atoms with Gasteiger partial charge in [0.05, 0.1) is 32.0 Å². The van der Waals surface area contributed by atoms with Gasteiger partial charge < -0.3 is 26.4 Å². The van der Waals surface area contributed by atoms with Crippen molar-refractivity contribution in [1.29, 1.82) is 0 Å². The molecule has 2 atom stereocenters. The van der Waals surface area contributed by atoms with Crippen LogP contribution in [0, 0.1) is 24.7 Å². The van der Waals surface area contributed by atoms with Crippen molar-refractivity contribution in [1.82, 2.24) is 16.0 Å². The van der Waals surface area contributed by atoms with Crippen molar-refractivity contribution in [3.8, 4) is 24.7 Å². The topological polar surface area (TPSA) is 140 Å². The molecule has 5 N–H and O–H groups in total. The van der Waals surface area contributed by atoms with Gasteiger partial charge in [0.25, 0.3) is 0 Å². The van der Waals surface area contributed by atoms with Crippen LogP contribution in [-0.4, -0.2) is 54.5 Å². The van der Waals surface area contributed by atoms with Crippen LogP contribution in [0.25, 0.3) is 0 Å². The lowest BCUT2D eigenvalue weighted by molar-refractivity contribution is -0.156. The van der Waals surface area contributed by atoms with Gasteiger partial charge in [-0.2, -0.15) is 0 Å². The summed E-state index contributed by atoms with van der Waals surface area (Å²) < 4.78 is 5.15. The lowest BCUT2D eigenvalue weighted by atomic mass is 10.1. The first-order valence-electron chi connectivity index (χ1n) is 8.19. The fraction of sp³-hybridized carbons (Fsp3) is 0.556. The van der Waals surface area contributed by atoms with Crippen LogP contribution in [0.1, 0.15) is 33.6 Å². The Balaban J connectivity index is 4.92. The van der Waals surface area contributed by atoms with Gasteiger partial charge >= 0.3 is 5.97 Å². The van der Waals surface area contributed by atoms with E-state index in [1.807, 2.05) is 0 Å². The van der Waals surface area contributed by atoms with Crippen molar-refractivity contribution < 1.29 is 23.9 Å². The zero-order valence-corrected chi connectivity index (χ0v) is 15.8. The summed E-state index contributed by atoms with van der Waals surface area (Å²) in [6.45, 7) is 4.91. The van der Waals surface area contributed by atoms with Crippen LogP contribution < -0.4 is 21.7 Å². The van der Waals surface area contributed by atoms with Crippen LogP contribution >= 0.6 is 0 Å². The lowest BCUT2D eigenvalue weighted by Crippen LogP contribution is -2.51. The highest BCUT2D eigenvalue weighted by molar-refractivity contribution is 5.93. The van der Waals surface area contributed by atoms with Gasteiger partial charge in [-0.3, -0.25) is 19.2 Å². The molecule has 0 rings (SSSR count). The van der Waals surface area contributed by atoms with Gasteiger partial charge in [-0.05, 0) is 20.8 Å². The Kier molecular flexibility index (Phi) is 10.3. The number of hydrogen-bond acceptors (Lipinski definition) is 6. The Labute approximate surface area is 159 Å². The Bertz CT molecular complexity index is 640. The quantitative estimate of drug-likeness (QED) is 0.282. The Morgan fingerprint density at radius 2 is 1.52 bits per heavy atom. The average Bonchev–Trinajstić information content (AvgIpc) is 2.54. The van der Waals surface area contributed by atoms with E-state index >= 15 is 0 Å². The molecule has 27 heavy (non-hydrogen) atoms. The van der Waals surface area contributed by atoms with Gasteiger partial charge in [0, 0.05) is 0 Å². The first-order chi connectivity index (χ1) is 12.5. The van der Waals surface area contributed by atoms with E-state index in [1.165, 1.54) is 0 Å². The van der Waals surface area contributed by atoms with Crippen LogP contribution in [0.2, 0.25) is 0 Å². The Morgan fingerprint density at radius 1 is 1.00 bits per heavy atom. The summed E-state index contributed by atoms with van der Waals surface area (Å²) in [6.07, 6.45) is 9.30. The number of amides is 3. The van der Waals surface area contributed by atoms with Crippen molar-refractivity contribution >= 4 is 23.7 Å². The minimum Gasteiger partial charge on any atom is -0.460 e. The van der Waals surface area contributed by atoms with E-state index in [0.29, 0.717) is 0 Å². The molecular formula is C18H26N4O5. The molecule has 148 valence electrons. The number of rotatable bonds is 9. The molecule has 0 aliphatic rings.